The Morgan fingerprint density at radius 2 is 2.50 bits per heavy atom. The van der Waals surface area contributed by atoms with Gasteiger partial charge in [-0.25, -0.2) is 4.98 Å². The van der Waals surface area contributed by atoms with Crippen molar-refractivity contribution in [3.63, 3.8) is 0 Å². The maximum atomic E-state index is 5.28. The van der Waals surface area contributed by atoms with E-state index >= 15 is 0 Å². The van der Waals surface area contributed by atoms with Crippen molar-refractivity contribution in [2.45, 2.75) is 39.3 Å². The standard InChI is InChI=1S/C11H16N2S/c1-4-6-10(5-2)12-7-11-9(3)13-8-14-11/h1,8,10,12H,5-7H2,2-3H3. The third-order valence-electron chi connectivity index (χ3n) is 2.25. The van der Waals surface area contributed by atoms with Gasteiger partial charge in [0.1, 0.15) is 0 Å². The number of nitrogens with one attached hydrogen (secondary N) is 1. The average Bonchev–Trinajstić information content (AvgIpc) is 2.59. The van der Waals surface area contributed by atoms with E-state index < -0.39 is 0 Å². The Balaban J connectivity index is 2.40. The fourth-order valence-corrected chi connectivity index (χ4v) is 1.96. The van der Waals surface area contributed by atoms with Crippen LogP contribution >= 0.6 is 11.3 Å². The Kier molecular flexibility index (Phi) is 4.64. The van der Waals surface area contributed by atoms with Gasteiger partial charge in [0, 0.05) is 23.9 Å². The monoisotopic (exact) mass is 208 g/mol. The molecule has 0 amide bonds. The molecule has 1 aromatic heterocycles. The van der Waals surface area contributed by atoms with Crippen LogP contribution in [-0.2, 0) is 6.54 Å². The molecule has 1 N–H and O–H groups in total. The number of aromatic nitrogens is 1. The smallest absolute Gasteiger partial charge is 0.0798 e. The molecule has 0 aromatic carbocycles. The van der Waals surface area contributed by atoms with E-state index in [1.54, 1.807) is 11.3 Å². The third-order valence-corrected chi connectivity index (χ3v) is 3.19. The van der Waals surface area contributed by atoms with E-state index in [4.69, 9.17) is 6.42 Å². The number of nitrogens with zero attached hydrogens (tertiary/aromatic N) is 1. The fraction of sp³-hybridized carbons (Fsp3) is 0.545. The minimum absolute atomic E-state index is 0.432. The molecular formula is C11H16N2S. The highest BCUT2D eigenvalue weighted by molar-refractivity contribution is 7.09. The highest BCUT2D eigenvalue weighted by Crippen LogP contribution is 2.12. The summed E-state index contributed by atoms with van der Waals surface area (Å²) in [6.07, 6.45) is 7.16. The Hall–Kier alpha value is -0.850. The summed E-state index contributed by atoms with van der Waals surface area (Å²) >= 11 is 1.69. The Labute approximate surface area is 89.8 Å². The number of aryl methyl sites for hydroxylation is 1. The molecule has 1 heterocycles. The van der Waals surface area contributed by atoms with Crippen LogP contribution in [-0.4, -0.2) is 11.0 Å². The van der Waals surface area contributed by atoms with Gasteiger partial charge in [0.05, 0.1) is 11.2 Å². The molecule has 0 aliphatic carbocycles. The summed E-state index contributed by atoms with van der Waals surface area (Å²) in [5.74, 6) is 2.69. The van der Waals surface area contributed by atoms with Crippen LogP contribution in [0.2, 0.25) is 0 Å². The first kappa shape index (κ1) is 11.2. The largest absolute Gasteiger partial charge is 0.308 e. The molecule has 1 unspecified atom stereocenters. The van der Waals surface area contributed by atoms with Gasteiger partial charge in [-0.05, 0) is 13.3 Å². The lowest BCUT2D eigenvalue weighted by Gasteiger charge is -2.13. The van der Waals surface area contributed by atoms with E-state index in [0.717, 1.165) is 25.1 Å². The number of hydrogen-bond donors (Lipinski definition) is 1. The minimum Gasteiger partial charge on any atom is -0.308 e. The van der Waals surface area contributed by atoms with Crippen molar-refractivity contribution in [3.05, 3.63) is 16.1 Å². The van der Waals surface area contributed by atoms with Gasteiger partial charge >= 0.3 is 0 Å². The predicted molar refractivity (Wildman–Crippen MR) is 61.2 cm³/mol. The van der Waals surface area contributed by atoms with Crippen LogP contribution in [0.15, 0.2) is 5.51 Å². The zero-order valence-corrected chi connectivity index (χ0v) is 9.53. The summed E-state index contributed by atoms with van der Waals surface area (Å²) < 4.78 is 0. The van der Waals surface area contributed by atoms with Gasteiger partial charge in [0.2, 0.25) is 0 Å². The lowest BCUT2D eigenvalue weighted by Crippen LogP contribution is -2.27. The fourth-order valence-electron chi connectivity index (χ4n) is 1.24. The van der Waals surface area contributed by atoms with Gasteiger partial charge in [0.15, 0.2) is 0 Å². The lowest BCUT2D eigenvalue weighted by atomic mass is 10.1. The van der Waals surface area contributed by atoms with Crippen LogP contribution in [0, 0.1) is 19.3 Å². The molecule has 3 heteroatoms. The van der Waals surface area contributed by atoms with Crippen molar-refractivity contribution >= 4 is 11.3 Å². The van der Waals surface area contributed by atoms with E-state index in [-0.39, 0.29) is 0 Å². The molecule has 0 spiro atoms. The van der Waals surface area contributed by atoms with Crippen molar-refractivity contribution in [1.82, 2.24) is 10.3 Å². The normalized spacial score (nSPS) is 12.4. The van der Waals surface area contributed by atoms with Crippen LogP contribution < -0.4 is 5.32 Å². The van der Waals surface area contributed by atoms with Crippen molar-refractivity contribution < 1.29 is 0 Å². The molecule has 1 rings (SSSR count). The summed E-state index contributed by atoms with van der Waals surface area (Å²) in [5, 5.41) is 3.44. The zero-order valence-electron chi connectivity index (χ0n) is 8.71. The predicted octanol–water partition coefficient (Wildman–Crippen LogP) is 2.34. The lowest BCUT2D eigenvalue weighted by molar-refractivity contribution is 0.508. The molecule has 1 aromatic rings. The van der Waals surface area contributed by atoms with E-state index in [0.29, 0.717) is 6.04 Å². The number of terminal acetylenes is 1. The van der Waals surface area contributed by atoms with Crippen LogP contribution in [0.4, 0.5) is 0 Å². The topological polar surface area (TPSA) is 24.9 Å². The van der Waals surface area contributed by atoms with Gasteiger partial charge in [-0.2, -0.15) is 0 Å². The van der Waals surface area contributed by atoms with Crippen molar-refractivity contribution in [3.8, 4) is 12.3 Å². The molecule has 0 saturated heterocycles. The van der Waals surface area contributed by atoms with Crippen LogP contribution in [0.5, 0.6) is 0 Å². The molecule has 0 aliphatic rings. The van der Waals surface area contributed by atoms with E-state index in [9.17, 15) is 0 Å². The van der Waals surface area contributed by atoms with E-state index in [1.807, 2.05) is 12.4 Å². The SMILES string of the molecule is C#CCC(CC)NCc1scnc1C. The first-order valence-electron chi connectivity index (χ1n) is 4.83. The van der Waals surface area contributed by atoms with Gasteiger partial charge in [-0.1, -0.05) is 6.92 Å². The first-order chi connectivity index (χ1) is 6.77. The highest BCUT2D eigenvalue weighted by Gasteiger charge is 2.06. The molecule has 0 aliphatic heterocycles. The molecule has 0 radical (unpaired) electrons. The summed E-state index contributed by atoms with van der Waals surface area (Å²) in [5.41, 5.74) is 3.01. The third kappa shape index (κ3) is 3.13. The second kappa shape index (κ2) is 5.79. The summed E-state index contributed by atoms with van der Waals surface area (Å²) in [6, 6.07) is 0.432. The number of thiazole rings is 1. The molecular weight excluding hydrogens is 192 g/mol. The van der Waals surface area contributed by atoms with Crippen LogP contribution in [0.1, 0.15) is 30.3 Å². The van der Waals surface area contributed by atoms with Crippen LogP contribution in [0.3, 0.4) is 0 Å². The van der Waals surface area contributed by atoms with Crippen molar-refractivity contribution in [2.24, 2.45) is 0 Å². The summed E-state index contributed by atoms with van der Waals surface area (Å²) in [7, 11) is 0. The molecule has 0 bridgehead atoms. The Morgan fingerprint density at radius 1 is 1.71 bits per heavy atom. The Bertz CT molecular complexity index is 311. The molecule has 1 atom stereocenters. The number of rotatable bonds is 5. The maximum Gasteiger partial charge on any atom is 0.0798 e. The van der Waals surface area contributed by atoms with Crippen molar-refractivity contribution in [1.29, 1.82) is 0 Å². The van der Waals surface area contributed by atoms with Gasteiger partial charge < -0.3 is 5.32 Å². The van der Waals surface area contributed by atoms with Gasteiger partial charge in [-0.3, -0.25) is 0 Å². The summed E-state index contributed by atoms with van der Waals surface area (Å²) in [4.78, 5) is 5.51. The molecule has 2 nitrogen and oxygen atoms in total. The second-order valence-corrected chi connectivity index (χ2v) is 4.19. The molecule has 0 fully saturated rings. The van der Waals surface area contributed by atoms with E-state index in [2.05, 4.69) is 23.1 Å². The second-order valence-electron chi connectivity index (χ2n) is 3.26. The van der Waals surface area contributed by atoms with E-state index in [1.165, 1.54) is 4.88 Å². The molecule has 14 heavy (non-hydrogen) atoms. The zero-order chi connectivity index (χ0) is 10.4. The van der Waals surface area contributed by atoms with Crippen molar-refractivity contribution in [2.75, 3.05) is 0 Å². The first-order valence-corrected chi connectivity index (χ1v) is 5.71. The molecule has 76 valence electrons. The van der Waals surface area contributed by atoms with Gasteiger partial charge in [-0.15, -0.1) is 23.7 Å². The van der Waals surface area contributed by atoms with Crippen LogP contribution in [0.25, 0.3) is 0 Å². The minimum atomic E-state index is 0.432. The Morgan fingerprint density at radius 3 is 3.00 bits per heavy atom. The average molecular weight is 208 g/mol. The highest BCUT2D eigenvalue weighted by atomic mass is 32.1. The van der Waals surface area contributed by atoms with Gasteiger partial charge in [0.25, 0.3) is 0 Å². The summed E-state index contributed by atoms with van der Waals surface area (Å²) in [6.45, 7) is 5.07. The maximum absolute atomic E-state index is 5.28. The quantitative estimate of drug-likeness (QED) is 0.751. The molecule has 0 saturated carbocycles. The number of hydrogen-bond acceptors (Lipinski definition) is 3.